The molecule has 0 aliphatic rings. The van der Waals surface area contributed by atoms with Crippen molar-refractivity contribution < 1.29 is 23.1 Å². The van der Waals surface area contributed by atoms with Crippen molar-refractivity contribution in [1.29, 1.82) is 0 Å². The van der Waals surface area contributed by atoms with Crippen LogP contribution in [0.4, 0.5) is 14.6 Å². The lowest BCUT2D eigenvalue weighted by atomic mass is 10.0. The topological polar surface area (TPSA) is 80.3 Å². The van der Waals surface area contributed by atoms with Crippen molar-refractivity contribution in [2.24, 2.45) is 5.92 Å². The fraction of sp³-hybridized carbons (Fsp3) is 0.409. The van der Waals surface area contributed by atoms with Gasteiger partial charge in [0.15, 0.2) is 0 Å². The number of rotatable bonds is 8. The van der Waals surface area contributed by atoms with E-state index >= 15 is 0 Å². The first-order chi connectivity index (χ1) is 14.1. The minimum Gasteiger partial charge on any atom is -0.487 e. The Bertz CT molecular complexity index is 893. The molecule has 0 saturated carbocycles. The minimum atomic E-state index is -2.55. The quantitative estimate of drug-likeness (QED) is 0.663. The van der Waals surface area contributed by atoms with E-state index in [2.05, 4.69) is 15.6 Å². The van der Waals surface area contributed by atoms with Crippen LogP contribution in [0.2, 0.25) is 0 Å². The molecule has 6 nitrogen and oxygen atoms in total. The van der Waals surface area contributed by atoms with Crippen molar-refractivity contribution in [3.8, 4) is 5.75 Å². The molecule has 2 aromatic rings. The van der Waals surface area contributed by atoms with Gasteiger partial charge in [-0.1, -0.05) is 26.0 Å². The summed E-state index contributed by atoms with van der Waals surface area (Å²) in [7, 11) is 0. The van der Waals surface area contributed by atoms with Crippen LogP contribution in [0.3, 0.4) is 0 Å². The molecule has 2 amide bonds. The molecular formula is C22H27F2N3O3. The summed E-state index contributed by atoms with van der Waals surface area (Å²) in [5.74, 6) is -0.254. The zero-order valence-corrected chi connectivity index (χ0v) is 17.8. The van der Waals surface area contributed by atoms with Crippen molar-refractivity contribution in [1.82, 2.24) is 10.3 Å². The molecule has 2 N–H and O–H groups in total. The van der Waals surface area contributed by atoms with E-state index in [1.54, 1.807) is 52.0 Å². The minimum absolute atomic E-state index is 0.198. The molecule has 0 radical (unpaired) electrons. The highest BCUT2D eigenvalue weighted by molar-refractivity contribution is 6.03. The second kappa shape index (κ2) is 10.1. The molecule has 1 heterocycles. The molecule has 0 aliphatic carbocycles. The standard InChI is InChI=1S/C22H27F2N3O3/c1-12(2)21(28)27-20-17(7-6-8-25-20)22(29)26-15(5)16-9-13(3)19(14(4)10-16)30-11-18(23)24/h6-10,12,15,18H,11H2,1-5H3,(H,26,29)(H,25,27,28). The zero-order valence-electron chi connectivity index (χ0n) is 17.8. The molecule has 2 rings (SSSR count). The first kappa shape index (κ1) is 23.3. The van der Waals surface area contributed by atoms with E-state index in [0.29, 0.717) is 16.9 Å². The third-order valence-electron chi connectivity index (χ3n) is 4.50. The number of benzene rings is 1. The van der Waals surface area contributed by atoms with E-state index in [1.165, 1.54) is 6.20 Å². The maximum Gasteiger partial charge on any atom is 0.272 e. The van der Waals surface area contributed by atoms with Gasteiger partial charge in [0, 0.05) is 12.1 Å². The number of pyridine rings is 1. The molecule has 0 fully saturated rings. The largest absolute Gasteiger partial charge is 0.487 e. The number of aromatic nitrogens is 1. The smallest absolute Gasteiger partial charge is 0.272 e. The lowest BCUT2D eigenvalue weighted by Gasteiger charge is -2.19. The summed E-state index contributed by atoms with van der Waals surface area (Å²) in [4.78, 5) is 28.9. The predicted octanol–water partition coefficient (Wildman–Crippen LogP) is 4.43. The average molecular weight is 419 g/mol. The molecule has 0 saturated heterocycles. The summed E-state index contributed by atoms with van der Waals surface area (Å²) in [5, 5.41) is 5.55. The number of hydrogen-bond donors (Lipinski definition) is 2. The molecule has 1 aromatic carbocycles. The summed E-state index contributed by atoms with van der Waals surface area (Å²) < 4.78 is 30.1. The van der Waals surface area contributed by atoms with Crippen LogP contribution in [0, 0.1) is 19.8 Å². The maximum absolute atomic E-state index is 12.8. The number of carbonyl (C=O) groups is 2. The third kappa shape index (κ3) is 5.98. The molecule has 0 aliphatic heterocycles. The molecule has 1 aromatic heterocycles. The van der Waals surface area contributed by atoms with Gasteiger partial charge in [0.25, 0.3) is 12.3 Å². The van der Waals surface area contributed by atoms with Crippen LogP contribution in [0.15, 0.2) is 30.5 Å². The van der Waals surface area contributed by atoms with Crippen LogP contribution in [0.25, 0.3) is 0 Å². The Hall–Kier alpha value is -3.03. The van der Waals surface area contributed by atoms with Crippen molar-refractivity contribution in [2.45, 2.75) is 47.1 Å². The molecule has 162 valence electrons. The molecule has 0 spiro atoms. The Morgan fingerprint density at radius 1 is 1.13 bits per heavy atom. The van der Waals surface area contributed by atoms with E-state index in [9.17, 15) is 18.4 Å². The number of anilines is 1. The first-order valence-corrected chi connectivity index (χ1v) is 9.69. The maximum atomic E-state index is 12.8. The fourth-order valence-electron chi connectivity index (χ4n) is 2.91. The van der Waals surface area contributed by atoms with Gasteiger partial charge in [-0.3, -0.25) is 9.59 Å². The zero-order chi connectivity index (χ0) is 22.4. The highest BCUT2D eigenvalue weighted by Crippen LogP contribution is 2.28. The van der Waals surface area contributed by atoms with Gasteiger partial charge in [0.05, 0.1) is 11.6 Å². The number of hydrogen-bond acceptors (Lipinski definition) is 4. The van der Waals surface area contributed by atoms with Crippen molar-refractivity contribution in [2.75, 3.05) is 11.9 Å². The van der Waals surface area contributed by atoms with Crippen LogP contribution >= 0.6 is 0 Å². The molecule has 30 heavy (non-hydrogen) atoms. The molecule has 1 unspecified atom stereocenters. The summed E-state index contributed by atoms with van der Waals surface area (Å²) in [6.07, 6.45) is -1.05. The number of alkyl halides is 2. The molecular weight excluding hydrogens is 392 g/mol. The Morgan fingerprint density at radius 2 is 1.77 bits per heavy atom. The van der Waals surface area contributed by atoms with Gasteiger partial charge in [-0.05, 0) is 49.6 Å². The second-order valence-corrected chi connectivity index (χ2v) is 7.42. The summed E-state index contributed by atoms with van der Waals surface area (Å²) in [6, 6.07) is 6.43. The fourth-order valence-corrected chi connectivity index (χ4v) is 2.91. The van der Waals surface area contributed by atoms with E-state index in [0.717, 1.165) is 5.56 Å². The number of nitrogens with zero attached hydrogens (tertiary/aromatic N) is 1. The first-order valence-electron chi connectivity index (χ1n) is 9.69. The Balaban J connectivity index is 2.18. The normalized spacial score (nSPS) is 12.0. The highest BCUT2D eigenvalue weighted by Gasteiger charge is 2.19. The second-order valence-electron chi connectivity index (χ2n) is 7.42. The predicted molar refractivity (Wildman–Crippen MR) is 111 cm³/mol. The number of carbonyl (C=O) groups excluding carboxylic acids is 2. The number of halogens is 2. The van der Waals surface area contributed by atoms with Crippen LogP contribution < -0.4 is 15.4 Å². The number of nitrogens with one attached hydrogen (secondary N) is 2. The molecule has 1 atom stereocenters. The van der Waals surface area contributed by atoms with Crippen LogP contribution in [0.1, 0.15) is 53.9 Å². The van der Waals surface area contributed by atoms with Crippen molar-refractivity contribution >= 4 is 17.6 Å². The Kier molecular flexibility index (Phi) is 7.86. The Labute approximate surface area is 175 Å². The number of ether oxygens (including phenoxy) is 1. The molecule has 8 heteroatoms. The van der Waals surface area contributed by atoms with Gasteiger partial charge in [0.2, 0.25) is 5.91 Å². The van der Waals surface area contributed by atoms with E-state index in [4.69, 9.17) is 4.74 Å². The third-order valence-corrected chi connectivity index (χ3v) is 4.50. The van der Waals surface area contributed by atoms with Gasteiger partial charge in [-0.2, -0.15) is 0 Å². The average Bonchev–Trinajstić information content (AvgIpc) is 2.67. The number of aryl methyl sites for hydroxylation is 2. The summed E-state index contributed by atoms with van der Waals surface area (Å²) in [5.41, 5.74) is 2.47. The lowest BCUT2D eigenvalue weighted by molar-refractivity contribution is -0.118. The lowest BCUT2D eigenvalue weighted by Crippen LogP contribution is -2.29. The number of amides is 2. The van der Waals surface area contributed by atoms with E-state index < -0.39 is 13.0 Å². The Morgan fingerprint density at radius 3 is 2.33 bits per heavy atom. The van der Waals surface area contributed by atoms with Gasteiger partial charge in [-0.15, -0.1) is 0 Å². The van der Waals surface area contributed by atoms with E-state index in [1.807, 2.05) is 6.92 Å². The van der Waals surface area contributed by atoms with Gasteiger partial charge in [-0.25, -0.2) is 13.8 Å². The van der Waals surface area contributed by atoms with Crippen molar-refractivity contribution in [3.63, 3.8) is 0 Å². The monoisotopic (exact) mass is 419 g/mol. The van der Waals surface area contributed by atoms with Gasteiger partial charge < -0.3 is 15.4 Å². The van der Waals surface area contributed by atoms with Gasteiger partial charge >= 0.3 is 0 Å². The van der Waals surface area contributed by atoms with E-state index in [-0.39, 0.29) is 35.2 Å². The SMILES string of the molecule is Cc1cc(C(C)NC(=O)c2cccnc2NC(=O)C(C)C)cc(C)c1OCC(F)F. The van der Waals surface area contributed by atoms with Crippen LogP contribution in [0.5, 0.6) is 5.75 Å². The summed E-state index contributed by atoms with van der Waals surface area (Å²) in [6.45, 7) is 8.19. The van der Waals surface area contributed by atoms with Crippen molar-refractivity contribution in [3.05, 3.63) is 52.7 Å². The summed E-state index contributed by atoms with van der Waals surface area (Å²) >= 11 is 0. The van der Waals surface area contributed by atoms with Crippen LogP contribution in [-0.4, -0.2) is 29.8 Å². The van der Waals surface area contributed by atoms with Gasteiger partial charge in [0.1, 0.15) is 18.2 Å². The highest BCUT2D eigenvalue weighted by atomic mass is 19.3. The van der Waals surface area contributed by atoms with Crippen LogP contribution in [-0.2, 0) is 4.79 Å². The molecule has 0 bridgehead atoms.